The molecule has 3 unspecified atom stereocenters. The summed E-state index contributed by atoms with van der Waals surface area (Å²) >= 11 is 0. The van der Waals surface area contributed by atoms with Gasteiger partial charge in [-0.1, -0.05) is 32.1 Å². The molecule has 2 N–H and O–H groups in total. The van der Waals surface area contributed by atoms with Crippen molar-refractivity contribution in [3.63, 3.8) is 0 Å². The van der Waals surface area contributed by atoms with Gasteiger partial charge in [0.25, 0.3) is 0 Å². The lowest BCUT2D eigenvalue weighted by Gasteiger charge is -2.49. The highest BCUT2D eigenvalue weighted by molar-refractivity contribution is 5.55. The summed E-state index contributed by atoms with van der Waals surface area (Å²) in [6.07, 6.45) is 8.74. The smallest absolute Gasteiger partial charge is 0.161 e. The van der Waals surface area contributed by atoms with Crippen molar-refractivity contribution in [1.29, 1.82) is 0 Å². The van der Waals surface area contributed by atoms with E-state index in [2.05, 4.69) is 26.0 Å². The zero-order chi connectivity index (χ0) is 13.6. The van der Waals surface area contributed by atoms with E-state index < -0.39 is 0 Å². The van der Waals surface area contributed by atoms with Crippen LogP contribution in [-0.2, 0) is 11.8 Å². The highest BCUT2D eigenvalue weighted by Gasteiger charge is 2.47. The minimum atomic E-state index is 0.00454. The Hall–Kier alpha value is -1.44. The number of hydrogen-bond donors (Lipinski definition) is 2. The molecule has 0 aliphatic heterocycles. The normalized spacial score (nSPS) is 32.7. The first-order valence-electron chi connectivity index (χ1n) is 7.31. The van der Waals surface area contributed by atoms with E-state index in [0.29, 0.717) is 11.8 Å². The Kier molecular flexibility index (Phi) is 2.84. The van der Waals surface area contributed by atoms with Gasteiger partial charge in [-0.15, -0.1) is 0 Å². The fourth-order valence-corrected chi connectivity index (χ4v) is 4.37. The lowest BCUT2D eigenvalue weighted by molar-refractivity contribution is 0.181. The molecule has 0 bridgehead atoms. The van der Waals surface area contributed by atoms with Crippen molar-refractivity contribution in [2.45, 2.75) is 44.9 Å². The second-order valence-corrected chi connectivity index (χ2v) is 6.15. The lowest BCUT2D eigenvalue weighted by atomic mass is 9.55. The van der Waals surface area contributed by atoms with Crippen molar-refractivity contribution < 1.29 is 10.2 Å². The predicted molar refractivity (Wildman–Crippen MR) is 76.5 cm³/mol. The average molecular weight is 258 g/mol. The summed E-state index contributed by atoms with van der Waals surface area (Å²) < 4.78 is 0. The molecule has 1 aromatic rings. The maximum atomic E-state index is 10.4. The Morgan fingerprint density at radius 2 is 2.11 bits per heavy atom. The Labute approximate surface area is 114 Å². The molecule has 3 rings (SSSR count). The van der Waals surface area contributed by atoms with Gasteiger partial charge < -0.3 is 10.2 Å². The number of rotatable bonds is 1. The molecule has 0 heterocycles. The van der Waals surface area contributed by atoms with Gasteiger partial charge in [0.05, 0.1) is 0 Å². The molecule has 0 fully saturated rings. The van der Waals surface area contributed by atoms with Crippen LogP contribution >= 0.6 is 0 Å². The van der Waals surface area contributed by atoms with Crippen molar-refractivity contribution in [3.8, 4) is 11.5 Å². The molecule has 102 valence electrons. The van der Waals surface area contributed by atoms with Crippen LogP contribution in [-0.4, -0.2) is 10.2 Å². The number of benzene rings is 1. The van der Waals surface area contributed by atoms with E-state index in [9.17, 15) is 10.2 Å². The molecular weight excluding hydrogens is 236 g/mol. The molecule has 19 heavy (non-hydrogen) atoms. The van der Waals surface area contributed by atoms with E-state index in [4.69, 9.17) is 0 Å². The quantitative estimate of drug-likeness (QED) is 0.592. The molecule has 0 spiro atoms. The standard InChI is InChI=1S/C17H22O2/c1-3-17-9-5-4-6-13(17)11(2)10-12-7-8-14(18)16(19)15(12)17/h4,6-8,11,13,18-19H,3,5,9-10H2,1-2H3. The van der Waals surface area contributed by atoms with Crippen LogP contribution in [0, 0.1) is 11.8 Å². The maximum Gasteiger partial charge on any atom is 0.161 e. The van der Waals surface area contributed by atoms with Crippen LogP contribution < -0.4 is 0 Å². The molecule has 0 saturated carbocycles. The fraction of sp³-hybridized carbons (Fsp3) is 0.529. The van der Waals surface area contributed by atoms with Gasteiger partial charge in [0.15, 0.2) is 11.5 Å². The molecule has 2 aliphatic carbocycles. The Morgan fingerprint density at radius 3 is 2.84 bits per heavy atom. The monoisotopic (exact) mass is 258 g/mol. The number of phenolic OH excluding ortho intramolecular Hbond substituents is 2. The van der Waals surface area contributed by atoms with E-state index >= 15 is 0 Å². The van der Waals surface area contributed by atoms with Crippen molar-refractivity contribution >= 4 is 0 Å². The fourth-order valence-electron chi connectivity index (χ4n) is 4.37. The van der Waals surface area contributed by atoms with Crippen LogP contribution in [0.3, 0.4) is 0 Å². The number of phenols is 2. The maximum absolute atomic E-state index is 10.4. The predicted octanol–water partition coefficient (Wildman–Crippen LogP) is 3.90. The summed E-state index contributed by atoms with van der Waals surface area (Å²) in [5.74, 6) is 1.21. The second-order valence-electron chi connectivity index (χ2n) is 6.15. The van der Waals surface area contributed by atoms with E-state index in [1.54, 1.807) is 6.07 Å². The Morgan fingerprint density at radius 1 is 1.32 bits per heavy atom. The van der Waals surface area contributed by atoms with Gasteiger partial charge >= 0.3 is 0 Å². The number of hydrogen-bond acceptors (Lipinski definition) is 2. The minimum absolute atomic E-state index is 0.00454. The molecule has 2 heteroatoms. The van der Waals surface area contributed by atoms with Crippen LogP contribution in [0.15, 0.2) is 24.3 Å². The van der Waals surface area contributed by atoms with Gasteiger partial charge in [-0.3, -0.25) is 0 Å². The molecular formula is C17H22O2. The van der Waals surface area contributed by atoms with Crippen LogP contribution in [0.4, 0.5) is 0 Å². The summed E-state index contributed by atoms with van der Waals surface area (Å²) in [5, 5.41) is 20.3. The van der Waals surface area contributed by atoms with Gasteiger partial charge in [0, 0.05) is 11.0 Å². The zero-order valence-corrected chi connectivity index (χ0v) is 11.7. The summed E-state index contributed by atoms with van der Waals surface area (Å²) in [5.41, 5.74) is 2.24. The van der Waals surface area contributed by atoms with Crippen LogP contribution in [0.25, 0.3) is 0 Å². The van der Waals surface area contributed by atoms with Crippen molar-refractivity contribution in [2.75, 3.05) is 0 Å². The summed E-state index contributed by atoms with van der Waals surface area (Å²) in [4.78, 5) is 0. The Balaban J connectivity index is 2.27. The molecule has 0 radical (unpaired) electrons. The van der Waals surface area contributed by atoms with Crippen LogP contribution in [0.2, 0.25) is 0 Å². The number of allylic oxidation sites excluding steroid dienone is 2. The van der Waals surface area contributed by atoms with Gasteiger partial charge in [0.1, 0.15) is 0 Å². The molecule has 0 amide bonds. The number of fused-ring (bicyclic) bond motifs is 3. The van der Waals surface area contributed by atoms with E-state index in [-0.39, 0.29) is 16.9 Å². The highest BCUT2D eigenvalue weighted by atomic mass is 16.3. The second kappa shape index (κ2) is 4.29. The van der Waals surface area contributed by atoms with Gasteiger partial charge in [-0.05, 0) is 49.1 Å². The first kappa shape index (κ1) is 12.6. The first-order chi connectivity index (χ1) is 9.10. The van der Waals surface area contributed by atoms with Crippen molar-refractivity contribution in [3.05, 3.63) is 35.4 Å². The van der Waals surface area contributed by atoms with E-state index in [0.717, 1.165) is 31.2 Å². The summed E-state index contributed by atoms with van der Waals surface area (Å²) in [6.45, 7) is 4.51. The molecule has 2 nitrogen and oxygen atoms in total. The average Bonchev–Trinajstić information content (AvgIpc) is 2.43. The topological polar surface area (TPSA) is 40.5 Å². The Bertz CT molecular complexity index is 532. The minimum Gasteiger partial charge on any atom is -0.504 e. The van der Waals surface area contributed by atoms with Gasteiger partial charge in [0.2, 0.25) is 0 Å². The van der Waals surface area contributed by atoms with Crippen LogP contribution in [0.1, 0.15) is 44.2 Å². The van der Waals surface area contributed by atoms with Crippen molar-refractivity contribution in [1.82, 2.24) is 0 Å². The van der Waals surface area contributed by atoms with Gasteiger partial charge in [-0.25, -0.2) is 0 Å². The molecule has 0 aromatic heterocycles. The third-order valence-corrected chi connectivity index (χ3v) is 5.27. The van der Waals surface area contributed by atoms with Gasteiger partial charge in [-0.2, -0.15) is 0 Å². The number of aromatic hydroxyl groups is 2. The summed E-state index contributed by atoms with van der Waals surface area (Å²) in [6, 6.07) is 3.62. The molecule has 1 aromatic carbocycles. The first-order valence-corrected chi connectivity index (χ1v) is 7.31. The highest BCUT2D eigenvalue weighted by Crippen LogP contribution is 2.55. The summed E-state index contributed by atoms with van der Waals surface area (Å²) in [7, 11) is 0. The largest absolute Gasteiger partial charge is 0.504 e. The van der Waals surface area contributed by atoms with Crippen molar-refractivity contribution in [2.24, 2.45) is 11.8 Å². The lowest BCUT2D eigenvalue weighted by Crippen LogP contribution is -2.43. The molecule has 0 saturated heterocycles. The third-order valence-electron chi connectivity index (χ3n) is 5.27. The SMILES string of the molecule is CCC12CCC=CC1C(C)Cc1ccc(O)c(O)c12. The third kappa shape index (κ3) is 1.62. The van der Waals surface area contributed by atoms with E-state index in [1.807, 2.05) is 6.07 Å². The molecule has 3 atom stereocenters. The zero-order valence-electron chi connectivity index (χ0n) is 11.7. The van der Waals surface area contributed by atoms with E-state index in [1.165, 1.54) is 5.56 Å². The van der Waals surface area contributed by atoms with Crippen LogP contribution in [0.5, 0.6) is 11.5 Å². The molecule has 2 aliphatic rings.